The first-order valence-electron chi connectivity index (χ1n) is 4.29. The minimum Gasteiger partial charge on any atom is -0.481 e. The van der Waals surface area contributed by atoms with Crippen molar-refractivity contribution in [2.75, 3.05) is 0 Å². The molecule has 0 aliphatic rings. The van der Waals surface area contributed by atoms with Gasteiger partial charge in [0.15, 0.2) is 5.82 Å². The summed E-state index contributed by atoms with van der Waals surface area (Å²) in [5.41, 5.74) is 0. The van der Waals surface area contributed by atoms with Crippen LogP contribution in [-0.4, -0.2) is 31.3 Å². The van der Waals surface area contributed by atoms with Crippen molar-refractivity contribution in [3.63, 3.8) is 0 Å². The molecule has 15 heavy (non-hydrogen) atoms. The van der Waals surface area contributed by atoms with Crippen LogP contribution in [0.15, 0.2) is 17.5 Å². The number of aliphatic carboxylic acids is 1. The first-order chi connectivity index (χ1) is 7.27. The zero-order valence-corrected chi connectivity index (χ0v) is 8.52. The molecular weight excluding hydrogens is 216 g/mol. The van der Waals surface area contributed by atoms with Gasteiger partial charge in [-0.05, 0) is 21.9 Å². The quantitative estimate of drug-likeness (QED) is 0.833. The zero-order valence-electron chi connectivity index (χ0n) is 7.70. The highest BCUT2D eigenvalue weighted by Crippen LogP contribution is 2.21. The van der Waals surface area contributed by atoms with Gasteiger partial charge in [-0.1, -0.05) is 6.07 Å². The number of carboxylic acids is 1. The van der Waals surface area contributed by atoms with E-state index >= 15 is 0 Å². The maximum absolute atomic E-state index is 10.4. The molecule has 0 saturated heterocycles. The van der Waals surface area contributed by atoms with Crippen molar-refractivity contribution in [2.24, 2.45) is 0 Å². The van der Waals surface area contributed by atoms with Gasteiger partial charge in [-0.3, -0.25) is 4.79 Å². The van der Waals surface area contributed by atoms with Gasteiger partial charge in [-0.15, -0.1) is 16.4 Å². The second-order valence-corrected chi connectivity index (χ2v) is 3.79. The molecule has 0 bridgehead atoms. The van der Waals surface area contributed by atoms with Crippen LogP contribution in [0.5, 0.6) is 0 Å². The highest BCUT2D eigenvalue weighted by Gasteiger charge is 2.10. The van der Waals surface area contributed by atoms with E-state index in [1.165, 1.54) is 16.0 Å². The molecule has 2 aromatic rings. The van der Waals surface area contributed by atoms with Crippen molar-refractivity contribution in [2.45, 2.75) is 13.0 Å². The summed E-state index contributed by atoms with van der Waals surface area (Å²) >= 11 is 1.52. The lowest BCUT2D eigenvalue weighted by Gasteiger charge is -1.99. The molecule has 0 aromatic carbocycles. The molecule has 7 heteroatoms. The Morgan fingerprint density at radius 2 is 2.47 bits per heavy atom. The SMILES string of the molecule is O=C(O)CCn1nnnc1-c1cccs1. The van der Waals surface area contributed by atoms with Gasteiger partial charge < -0.3 is 5.11 Å². The van der Waals surface area contributed by atoms with Gasteiger partial charge in [-0.2, -0.15) is 0 Å². The molecule has 0 unspecified atom stereocenters. The Hall–Kier alpha value is -1.76. The molecular formula is C8H8N4O2S. The van der Waals surface area contributed by atoms with Crippen molar-refractivity contribution >= 4 is 17.3 Å². The summed E-state index contributed by atoms with van der Waals surface area (Å²) in [6, 6.07) is 3.80. The number of hydrogen-bond acceptors (Lipinski definition) is 5. The fourth-order valence-electron chi connectivity index (χ4n) is 1.14. The summed E-state index contributed by atoms with van der Waals surface area (Å²) in [7, 11) is 0. The van der Waals surface area contributed by atoms with Crippen LogP contribution in [0.25, 0.3) is 10.7 Å². The van der Waals surface area contributed by atoms with E-state index in [0.29, 0.717) is 5.82 Å². The van der Waals surface area contributed by atoms with Crippen LogP contribution in [0.1, 0.15) is 6.42 Å². The highest BCUT2D eigenvalue weighted by atomic mass is 32.1. The predicted molar refractivity (Wildman–Crippen MR) is 53.4 cm³/mol. The normalized spacial score (nSPS) is 10.4. The van der Waals surface area contributed by atoms with Crippen LogP contribution in [0, 0.1) is 0 Å². The standard InChI is InChI=1S/C8H8N4O2S/c13-7(14)3-4-12-8(9-10-11-12)6-2-1-5-15-6/h1-2,5H,3-4H2,(H,13,14). The van der Waals surface area contributed by atoms with Crippen LogP contribution in [-0.2, 0) is 11.3 Å². The van der Waals surface area contributed by atoms with Gasteiger partial charge in [0.1, 0.15) is 0 Å². The minimum atomic E-state index is -0.859. The second-order valence-electron chi connectivity index (χ2n) is 2.85. The summed E-state index contributed by atoms with van der Waals surface area (Å²) in [4.78, 5) is 11.3. The monoisotopic (exact) mass is 224 g/mol. The molecule has 2 aromatic heterocycles. The van der Waals surface area contributed by atoms with Crippen LogP contribution < -0.4 is 0 Å². The van der Waals surface area contributed by atoms with Gasteiger partial charge in [0.05, 0.1) is 17.8 Å². The lowest BCUT2D eigenvalue weighted by atomic mass is 10.4. The van der Waals surface area contributed by atoms with Crippen molar-refractivity contribution in [1.29, 1.82) is 0 Å². The first kappa shape index (κ1) is 9.78. The van der Waals surface area contributed by atoms with Crippen LogP contribution in [0.2, 0.25) is 0 Å². The van der Waals surface area contributed by atoms with Crippen molar-refractivity contribution < 1.29 is 9.90 Å². The van der Waals surface area contributed by atoms with Crippen LogP contribution >= 0.6 is 11.3 Å². The van der Waals surface area contributed by atoms with Crippen molar-refractivity contribution in [1.82, 2.24) is 20.2 Å². The van der Waals surface area contributed by atoms with Crippen molar-refractivity contribution in [3.8, 4) is 10.7 Å². The Labute approximate surface area is 89.2 Å². The smallest absolute Gasteiger partial charge is 0.305 e. The summed E-state index contributed by atoms with van der Waals surface area (Å²) in [6.07, 6.45) is 0.0173. The molecule has 0 radical (unpaired) electrons. The Bertz CT molecular complexity index is 451. The third-order valence-electron chi connectivity index (χ3n) is 1.81. The van der Waals surface area contributed by atoms with E-state index in [4.69, 9.17) is 5.11 Å². The Morgan fingerprint density at radius 3 is 3.13 bits per heavy atom. The molecule has 0 saturated carbocycles. The summed E-state index contributed by atoms with van der Waals surface area (Å²) in [5.74, 6) is -0.242. The summed E-state index contributed by atoms with van der Waals surface area (Å²) < 4.78 is 1.50. The fraction of sp³-hybridized carbons (Fsp3) is 0.250. The lowest BCUT2D eigenvalue weighted by molar-refractivity contribution is -0.137. The molecule has 2 rings (SSSR count). The number of tetrazole rings is 1. The highest BCUT2D eigenvalue weighted by molar-refractivity contribution is 7.13. The number of aromatic nitrogens is 4. The van der Waals surface area contributed by atoms with E-state index in [2.05, 4.69) is 15.5 Å². The Kier molecular flexibility index (Phi) is 2.72. The number of nitrogens with zero attached hydrogens (tertiary/aromatic N) is 4. The largest absolute Gasteiger partial charge is 0.481 e. The van der Waals surface area contributed by atoms with Gasteiger partial charge in [0, 0.05) is 0 Å². The average molecular weight is 224 g/mol. The molecule has 0 amide bonds. The number of aryl methyl sites for hydroxylation is 1. The minimum absolute atomic E-state index is 0.0173. The number of rotatable bonds is 4. The lowest BCUT2D eigenvalue weighted by Crippen LogP contribution is -2.07. The Morgan fingerprint density at radius 1 is 1.60 bits per heavy atom. The van der Waals surface area contributed by atoms with E-state index in [0.717, 1.165) is 4.88 Å². The average Bonchev–Trinajstić information content (AvgIpc) is 2.85. The molecule has 0 atom stereocenters. The number of hydrogen-bond donors (Lipinski definition) is 1. The predicted octanol–water partition coefficient (Wildman–Crippen LogP) is 0.876. The third-order valence-corrected chi connectivity index (χ3v) is 2.68. The molecule has 0 fully saturated rings. The van der Waals surface area contributed by atoms with E-state index in [1.54, 1.807) is 0 Å². The van der Waals surface area contributed by atoms with E-state index in [1.807, 2.05) is 17.5 Å². The molecule has 78 valence electrons. The van der Waals surface area contributed by atoms with Gasteiger partial charge in [-0.25, -0.2) is 4.68 Å². The van der Waals surface area contributed by atoms with Crippen molar-refractivity contribution in [3.05, 3.63) is 17.5 Å². The number of carboxylic acid groups (broad SMARTS) is 1. The molecule has 6 nitrogen and oxygen atoms in total. The van der Waals surface area contributed by atoms with Gasteiger partial charge in [0.2, 0.25) is 0 Å². The van der Waals surface area contributed by atoms with Crippen LogP contribution in [0.4, 0.5) is 0 Å². The molecule has 0 aliphatic heterocycles. The van der Waals surface area contributed by atoms with E-state index < -0.39 is 5.97 Å². The van der Waals surface area contributed by atoms with Gasteiger partial charge in [0.25, 0.3) is 0 Å². The van der Waals surface area contributed by atoms with Gasteiger partial charge >= 0.3 is 5.97 Å². The second kappa shape index (κ2) is 4.18. The molecule has 1 N–H and O–H groups in total. The van der Waals surface area contributed by atoms with E-state index in [9.17, 15) is 4.79 Å². The van der Waals surface area contributed by atoms with E-state index in [-0.39, 0.29) is 13.0 Å². The maximum Gasteiger partial charge on any atom is 0.305 e. The topological polar surface area (TPSA) is 80.9 Å². The number of thiophene rings is 1. The maximum atomic E-state index is 10.4. The Balaban J connectivity index is 2.19. The molecule has 2 heterocycles. The zero-order chi connectivity index (χ0) is 10.7. The third kappa shape index (κ3) is 2.18. The first-order valence-corrected chi connectivity index (χ1v) is 5.17. The fourth-order valence-corrected chi connectivity index (χ4v) is 1.85. The number of carbonyl (C=O) groups is 1. The van der Waals surface area contributed by atoms with Crippen LogP contribution in [0.3, 0.4) is 0 Å². The summed E-state index contributed by atoms with van der Waals surface area (Å²) in [5, 5.41) is 21.6. The molecule has 0 aliphatic carbocycles. The molecule has 0 spiro atoms. The summed E-state index contributed by atoms with van der Waals surface area (Å²) in [6.45, 7) is 0.287.